The monoisotopic (exact) mass is 518 g/mol. The average Bonchev–Trinajstić information content (AvgIpc) is 2.80. The van der Waals surface area contributed by atoms with Crippen LogP contribution >= 0.6 is 15.9 Å². The first-order chi connectivity index (χ1) is 15.7. The van der Waals surface area contributed by atoms with Gasteiger partial charge in [0.25, 0.3) is 5.91 Å². The molecule has 0 heterocycles. The van der Waals surface area contributed by atoms with Crippen LogP contribution in [0.1, 0.15) is 50.3 Å². The maximum absolute atomic E-state index is 13.3. The zero-order valence-electron chi connectivity index (χ0n) is 20.4. The average molecular weight is 519 g/mol. The molecule has 0 fully saturated rings. The molecule has 2 aromatic carbocycles. The minimum Gasteiger partial charge on any atom is -0.497 e. The van der Waals surface area contributed by atoms with Crippen LogP contribution in [-0.4, -0.2) is 42.5 Å². The molecule has 0 aliphatic carbocycles. The number of rotatable bonds is 11. The van der Waals surface area contributed by atoms with Crippen LogP contribution in [-0.2, 0) is 16.1 Å². The van der Waals surface area contributed by atoms with E-state index in [9.17, 15) is 9.59 Å². The molecule has 2 amide bonds. The number of nitrogens with zero attached hydrogens (tertiary/aromatic N) is 1. The molecular weight excluding hydrogens is 484 g/mol. The molecule has 33 heavy (non-hydrogen) atoms. The van der Waals surface area contributed by atoms with E-state index >= 15 is 0 Å². The number of ether oxygens (including phenoxy) is 2. The van der Waals surface area contributed by atoms with Crippen LogP contribution in [0.25, 0.3) is 0 Å². The fourth-order valence-electron chi connectivity index (χ4n) is 3.51. The van der Waals surface area contributed by atoms with E-state index in [0.717, 1.165) is 33.3 Å². The third-order valence-corrected chi connectivity index (χ3v) is 6.92. The van der Waals surface area contributed by atoms with Crippen molar-refractivity contribution in [2.75, 3.05) is 13.7 Å². The van der Waals surface area contributed by atoms with Crippen molar-refractivity contribution in [3.8, 4) is 11.5 Å². The van der Waals surface area contributed by atoms with Crippen LogP contribution < -0.4 is 14.8 Å². The van der Waals surface area contributed by atoms with E-state index in [1.165, 1.54) is 0 Å². The first-order valence-corrected chi connectivity index (χ1v) is 12.1. The first-order valence-electron chi connectivity index (χ1n) is 11.3. The number of carbonyl (C=O) groups is 2. The fraction of sp³-hybridized carbons (Fsp3) is 0.462. The van der Waals surface area contributed by atoms with Crippen LogP contribution in [0.2, 0.25) is 0 Å². The highest BCUT2D eigenvalue weighted by molar-refractivity contribution is 9.10. The quantitative estimate of drug-likeness (QED) is 0.445. The molecule has 0 radical (unpaired) electrons. The molecular formula is C26H35BrN2O4. The van der Waals surface area contributed by atoms with Gasteiger partial charge in [-0.15, -0.1) is 0 Å². The van der Waals surface area contributed by atoms with Gasteiger partial charge in [0.15, 0.2) is 6.61 Å². The number of halogens is 1. The molecule has 180 valence electrons. The van der Waals surface area contributed by atoms with Gasteiger partial charge in [0.2, 0.25) is 5.91 Å². The Hall–Kier alpha value is -2.54. The SMILES string of the molecule is CC[C@@H](C)NC(=O)[C@H](CC)N(Cc1ccc(OC)cc1)C(=O)COc1cc(C)c(Br)c(C)c1. The van der Waals surface area contributed by atoms with E-state index in [2.05, 4.69) is 21.2 Å². The van der Waals surface area contributed by atoms with Gasteiger partial charge in [-0.05, 0) is 74.6 Å². The summed E-state index contributed by atoms with van der Waals surface area (Å²) < 4.78 is 12.1. The zero-order valence-corrected chi connectivity index (χ0v) is 22.0. The minimum absolute atomic E-state index is 0.0365. The second kappa shape index (κ2) is 12.6. The highest BCUT2D eigenvalue weighted by Gasteiger charge is 2.29. The van der Waals surface area contributed by atoms with Gasteiger partial charge in [-0.3, -0.25) is 9.59 Å². The Balaban J connectivity index is 2.25. The van der Waals surface area contributed by atoms with E-state index in [-0.39, 0.29) is 24.5 Å². The second-order valence-electron chi connectivity index (χ2n) is 8.27. The Morgan fingerprint density at radius 3 is 2.15 bits per heavy atom. The third kappa shape index (κ3) is 7.49. The molecule has 6 nitrogen and oxygen atoms in total. The number of amides is 2. The van der Waals surface area contributed by atoms with E-state index in [1.807, 2.05) is 71.0 Å². The van der Waals surface area contributed by atoms with Crippen molar-refractivity contribution < 1.29 is 19.1 Å². The lowest BCUT2D eigenvalue weighted by Crippen LogP contribution is -2.51. The summed E-state index contributed by atoms with van der Waals surface area (Å²) in [6.45, 7) is 10.0. The molecule has 2 rings (SSSR count). The van der Waals surface area contributed by atoms with Crippen molar-refractivity contribution in [2.24, 2.45) is 0 Å². The Labute approximate surface area is 205 Å². The summed E-state index contributed by atoms with van der Waals surface area (Å²) in [5, 5.41) is 3.02. The van der Waals surface area contributed by atoms with Gasteiger partial charge in [-0.25, -0.2) is 0 Å². The molecule has 0 aliphatic rings. The van der Waals surface area contributed by atoms with Crippen molar-refractivity contribution in [1.29, 1.82) is 0 Å². The Morgan fingerprint density at radius 1 is 1.03 bits per heavy atom. The molecule has 0 spiro atoms. The van der Waals surface area contributed by atoms with Crippen molar-refractivity contribution >= 4 is 27.7 Å². The smallest absolute Gasteiger partial charge is 0.261 e. The maximum atomic E-state index is 13.3. The summed E-state index contributed by atoms with van der Waals surface area (Å²) in [4.78, 5) is 27.9. The maximum Gasteiger partial charge on any atom is 0.261 e. The van der Waals surface area contributed by atoms with Gasteiger partial charge in [-0.1, -0.05) is 41.9 Å². The number of carbonyl (C=O) groups excluding carboxylic acids is 2. The van der Waals surface area contributed by atoms with Crippen LogP contribution in [0.5, 0.6) is 11.5 Å². The van der Waals surface area contributed by atoms with E-state index in [0.29, 0.717) is 18.7 Å². The van der Waals surface area contributed by atoms with Gasteiger partial charge < -0.3 is 19.7 Å². The lowest BCUT2D eigenvalue weighted by molar-refractivity contribution is -0.143. The van der Waals surface area contributed by atoms with Crippen molar-refractivity contribution in [2.45, 2.75) is 66.1 Å². The summed E-state index contributed by atoms with van der Waals surface area (Å²) in [5.74, 6) is 0.977. The Morgan fingerprint density at radius 2 is 1.64 bits per heavy atom. The number of hydrogen-bond donors (Lipinski definition) is 1. The minimum atomic E-state index is -0.592. The molecule has 0 aromatic heterocycles. The predicted octanol–water partition coefficient (Wildman–Crippen LogP) is 5.18. The summed E-state index contributed by atoms with van der Waals surface area (Å²) in [6, 6.07) is 10.7. The van der Waals surface area contributed by atoms with Crippen molar-refractivity contribution in [3.05, 3.63) is 57.6 Å². The van der Waals surface area contributed by atoms with Gasteiger partial charge in [-0.2, -0.15) is 0 Å². The lowest BCUT2D eigenvalue weighted by atomic mass is 10.1. The molecule has 2 aromatic rings. The summed E-state index contributed by atoms with van der Waals surface area (Å²) in [7, 11) is 1.61. The molecule has 0 saturated carbocycles. The normalized spacial score (nSPS) is 12.6. The third-order valence-electron chi connectivity index (χ3n) is 5.67. The Bertz CT molecular complexity index is 923. The number of hydrogen-bond acceptors (Lipinski definition) is 4. The van der Waals surface area contributed by atoms with E-state index < -0.39 is 6.04 Å². The highest BCUT2D eigenvalue weighted by Crippen LogP contribution is 2.26. The summed E-state index contributed by atoms with van der Waals surface area (Å²) in [6.07, 6.45) is 1.32. The number of nitrogens with one attached hydrogen (secondary N) is 1. The van der Waals surface area contributed by atoms with Crippen LogP contribution in [0, 0.1) is 13.8 Å². The summed E-state index contributed by atoms with van der Waals surface area (Å²) >= 11 is 3.55. The van der Waals surface area contributed by atoms with E-state index in [1.54, 1.807) is 12.0 Å². The molecule has 0 aliphatic heterocycles. The lowest BCUT2D eigenvalue weighted by Gasteiger charge is -2.31. The number of aryl methyl sites for hydroxylation is 2. The first kappa shape index (κ1) is 26.7. The molecule has 1 N–H and O–H groups in total. The standard InChI is InChI=1S/C26H35BrN2O4/c1-7-19(5)28-26(31)23(8-2)29(15-20-9-11-21(32-6)12-10-20)24(30)16-33-22-13-17(3)25(27)18(4)14-22/h9-14,19,23H,7-8,15-16H2,1-6H3,(H,28,31)/t19-,23+/m1/s1. The fourth-order valence-corrected chi connectivity index (χ4v) is 3.73. The number of methoxy groups -OCH3 is 1. The molecule has 0 unspecified atom stereocenters. The van der Waals surface area contributed by atoms with Gasteiger partial charge >= 0.3 is 0 Å². The van der Waals surface area contributed by atoms with Crippen LogP contribution in [0.3, 0.4) is 0 Å². The molecule has 2 atom stereocenters. The van der Waals surface area contributed by atoms with Gasteiger partial charge in [0.1, 0.15) is 17.5 Å². The summed E-state index contributed by atoms with van der Waals surface area (Å²) in [5.41, 5.74) is 2.98. The van der Waals surface area contributed by atoms with Crippen LogP contribution in [0.4, 0.5) is 0 Å². The highest BCUT2D eigenvalue weighted by atomic mass is 79.9. The molecule has 0 bridgehead atoms. The van der Waals surface area contributed by atoms with Crippen molar-refractivity contribution in [1.82, 2.24) is 10.2 Å². The topological polar surface area (TPSA) is 67.9 Å². The Kier molecular flexibility index (Phi) is 10.2. The molecule has 7 heteroatoms. The van der Waals surface area contributed by atoms with Gasteiger partial charge in [0, 0.05) is 17.1 Å². The van der Waals surface area contributed by atoms with Crippen molar-refractivity contribution in [3.63, 3.8) is 0 Å². The molecule has 0 saturated heterocycles. The largest absolute Gasteiger partial charge is 0.497 e. The predicted molar refractivity (Wildman–Crippen MR) is 135 cm³/mol. The van der Waals surface area contributed by atoms with Crippen LogP contribution in [0.15, 0.2) is 40.9 Å². The zero-order chi connectivity index (χ0) is 24.5. The number of benzene rings is 2. The van der Waals surface area contributed by atoms with Gasteiger partial charge in [0.05, 0.1) is 7.11 Å². The van der Waals surface area contributed by atoms with E-state index in [4.69, 9.17) is 9.47 Å². The second-order valence-corrected chi connectivity index (χ2v) is 9.06.